The van der Waals surface area contributed by atoms with Gasteiger partial charge in [-0.2, -0.15) is 0 Å². The summed E-state index contributed by atoms with van der Waals surface area (Å²) in [5.41, 5.74) is 1.65. The van der Waals surface area contributed by atoms with Crippen molar-refractivity contribution in [3.8, 4) is 0 Å². The van der Waals surface area contributed by atoms with E-state index >= 15 is 0 Å². The van der Waals surface area contributed by atoms with Crippen molar-refractivity contribution in [2.75, 3.05) is 6.54 Å². The van der Waals surface area contributed by atoms with E-state index in [4.69, 9.17) is 0 Å². The Kier molecular flexibility index (Phi) is 3.34. The number of hydrogen-bond donors (Lipinski definition) is 1. The minimum atomic E-state index is -0.799. The van der Waals surface area contributed by atoms with E-state index in [2.05, 4.69) is 4.99 Å². The number of aliphatic carboxylic acids is 1. The van der Waals surface area contributed by atoms with E-state index in [-0.39, 0.29) is 0 Å². The summed E-state index contributed by atoms with van der Waals surface area (Å²) < 4.78 is 0. The number of hydrogen-bond acceptors (Lipinski definition) is 2. The van der Waals surface area contributed by atoms with Crippen LogP contribution in [0.4, 0.5) is 0 Å². The van der Waals surface area contributed by atoms with Gasteiger partial charge >= 0.3 is 5.97 Å². The number of carbonyl (C=O) groups is 1. The van der Waals surface area contributed by atoms with Crippen LogP contribution in [0, 0.1) is 0 Å². The number of benzene rings is 1. The van der Waals surface area contributed by atoms with E-state index in [1.165, 1.54) is 0 Å². The molecule has 0 aliphatic carbocycles. The van der Waals surface area contributed by atoms with Crippen LogP contribution < -0.4 is 0 Å². The molecule has 1 aromatic rings. The highest BCUT2D eigenvalue weighted by molar-refractivity contribution is 6.06. The van der Waals surface area contributed by atoms with Crippen LogP contribution in [-0.4, -0.2) is 23.3 Å². The Morgan fingerprint density at radius 2 is 2.00 bits per heavy atom. The Balaban J connectivity index is 2.31. The first-order valence-electron chi connectivity index (χ1n) is 5.60. The average Bonchev–Trinajstić information content (AvgIpc) is 2.31. The summed E-state index contributed by atoms with van der Waals surface area (Å²) >= 11 is 0. The molecule has 0 saturated carbocycles. The van der Waals surface area contributed by atoms with Gasteiger partial charge in [0.05, 0.1) is 0 Å². The lowest BCUT2D eigenvalue weighted by molar-refractivity contribution is -0.137. The van der Waals surface area contributed by atoms with Crippen molar-refractivity contribution in [2.45, 2.75) is 25.2 Å². The first kappa shape index (κ1) is 10.9. The Labute approximate surface area is 94.8 Å². The van der Waals surface area contributed by atoms with Crippen LogP contribution in [0.25, 0.3) is 0 Å². The van der Waals surface area contributed by atoms with Gasteiger partial charge in [-0.25, -0.2) is 0 Å². The molecule has 0 radical (unpaired) electrons. The van der Waals surface area contributed by atoms with Gasteiger partial charge in [-0.1, -0.05) is 30.3 Å². The Hall–Kier alpha value is -1.64. The fraction of sp³-hybridized carbons (Fsp3) is 0.385. The van der Waals surface area contributed by atoms with E-state index in [1.807, 2.05) is 30.3 Å². The first-order valence-corrected chi connectivity index (χ1v) is 5.60. The van der Waals surface area contributed by atoms with Crippen molar-refractivity contribution in [2.24, 2.45) is 4.99 Å². The molecule has 1 atom stereocenters. The molecule has 1 N–H and O–H groups in total. The highest BCUT2D eigenvalue weighted by atomic mass is 16.4. The maximum atomic E-state index is 11.3. The third-order valence-electron chi connectivity index (χ3n) is 2.87. The van der Waals surface area contributed by atoms with E-state index in [9.17, 15) is 9.90 Å². The largest absolute Gasteiger partial charge is 0.480 e. The van der Waals surface area contributed by atoms with E-state index < -0.39 is 11.9 Å². The van der Waals surface area contributed by atoms with Crippen LogP contribution in [0.5, 0.6) is 0 Å². The molecule has 2 rings (SSSR count). The number of nitrogens with zero attached hydrogens (tertiary/aromatic N) is 1. The molecule has 0 amide bonds. The minimum Gasteiger partial charge on any atom is -0.480 e. The molecule has 0 spiro atoms. The van der Waals surface area contributed by atoms with Crippen LogP contribution >= 0.6 is 0 Å². The second-order valence-corrected chi connectivity index (χ2v) is 4.01. The monoisotopic (exact) mass is 217 g/mol. The standard InChI is InChI=1S/C13H15NO2/c15-13(16)12(10-6-2-1-3-7-10)11-8-4-5-9-14-11/h1-3,6-7,12H,4-5,8-9H2,(H,15,16). The van der Waals surface area contributed by atoms with Gasteiger partial charge in [0, 0.05) is 12.3 Å². The van der Waals surface area contributed by atoms with Crippen LogP contribution in [0.3, 0.4) is 0 Å². The molecule has 3 heteroatoms. The lowest BCUT2D eigenvalue weighted by Gasteiger charge is -2.18. The van der Waals surface area contributed by atoms with Gasteiger partial charge in [0.2, 0.25) is 0 Å². The predicted octanol–water partition coefficient (Wildman–Crippen LogP) is 2.48. The lowest BCUT2D eigenvalue weighted by Crippen LogP contribution is -2.23. The number of rotatable bonds is 3. The van der Waals surface area contributed by atoms with Crippen molar-refractivity contribution < 1.29 is 9.90 Å². The normalized spacial score (nSPS) is 17.6. The summed E-state index contributed by atoms with van der Waals surface area (Å²) in [5, 5.41) is 9.30. The zero-order valence-electron chi connectivity index (χ0n) is 9.10. The lowest BCUT2D eigenvalue weighted by atomic mass is 9.90. The van der Waals surface area contributed by atoms with Crippen LogP contribution in [0.1, 0.15) is 30.7 Å². The first-order chi connectivity index (χ1) is 7.79. The molecule has 1 aromatic carbocycles. The zero-order chi connectivity index (χ0) is 11.4. The SMILES string of the molecule is O=C(O)C(C1=NCCCC1)c1ccccc1. The topological polar surface area (TPSA) is 49.7 Å². The Bertz CT molecular complexity index is 398. The maximum Gasteiger partial charge on any atom is 0.316 e. The fourth-order valence-corrected chi connectivity index (χ4v) is 2.08. The van der Waals surface area contributed by atoms with Crippen molar-refractivity contribution in [1.82, 2.24) is 0 Å². The van der Waals surface area contributed by atoms with Crippen molar-refractivity contribution >= 4 is 11.7 Å². The summed E-state index contributed by atoms with van der Waals surface area (Å²) in [7, 11) is 0. The Morgan fingerprint density at radius 1 is 1.25 bits per heavy atom. The molecule has 3 nitrogen and oxygen atoms in total. The molecule has 1 unspecified atom stereocenters. The van der Waals surface area contributed by atoms with Gasteiger partial charge in [-0.05, 0) is 24.8 Å². The molecule has 1 aliphatic heterocycles. The second-order valence-electron chi connectivity index (χ2n) is 4.01. The molecule has 0 fully saturated rings. The summed E-state index contributed by atoms with van der Waals surface area (Å²) in [6.45, 7) is 0.770. The summed E-state index contributed by atoms with van der Waals surface area (Å²) in [4.78, 5) is 15.7. The molecule has 1 aliphatic rings. The van der Waals surface area contributed by atoms with E-state index in [0.29, 0.717) is 0 Å². The minimum absolute atomic E-state index is 0.554. The van der Waals surface area contributed by atoms with Crippen LogP contribution in [-0.2, 0) is 4.79 Å². The highest BCUT2D eigenvalue weighted by Crippen LogP contribution is 2.23. The van der Waals surface area contributed by atoms with E-state index in [1.54, 1.807) is 0 Å². The summed E-state index contributed by atoms with van der Waals surface area (Å²) in [6, 6.07) is 9.35. The predicted molar refractivity (Wildman–Crippen MR) is 63.0 cm³/mol. The molecule has 84 valence electrons. The zero-order valence-corrected chi connectivity index (χ0v) is 9.10. The summed E-state index contributed by atoms with van der Waals surface area (Å²) in [5.74, 6) is -1.35. The number of carboxylic acids is 1. The van der Waals surface area contributed by atoms with Gasteiger partial charge in [-0.15, -0.1) is 0 Å². The van der Waals surface area contributed by atoms with Crippen LogP contribution in [0.2, 0.25) is 0 Å². The van der Waals surface area contributed by atoms with Gasteiger partial charge in [0.1, 0.15) is 5.92 Å². The average molecular weight is 217 g/mol. The van der Waals surface area contributed by atoms with Crippen molar-refractivity contribution in [1.29, 1.82) is 0 Å². The molecule has 0 bridgehead atoms. The Morgan fingerprint density at radius 3 is 2.56 bits per heavy atom. The third-order valence-corrected chi connectivity index (χ3v) is 2.87. The molecular weight excluding hydrogens is 202 g/mol. The van der Waals surface area contributed by atoms with Crippen molar-refractivity contribution in [3.63, 3.8) is 0 Å². The summed E-state index contributed by atoms with van der Waals surface area (Å²) in [6.07, 6.45) is 2.94. The molecule has 0 saturated heterocycles. The van der Waals surface area contributed by atoms with Gasteiger partial charge in [0.15, 0.2) is 0 Å². The van der Waals surface area contributed by atoms with E-state index in [0.717, 1.165) is 37.1 Å². The molecule has 1 heterocycles. The van der Waals surface area contributed by atoms with Crippen LogP contribution in [0.15, 0.2) is 35.3 Å². The fourth-order valence-electron chi connectivity index (χ4n) is 2.08. The molecule has 0 aromatic heterocycles. The smallest absolute Gasteiger partial charge is 0.316 e. The highest BCUT2D eigenvalue weighted by Gasteiger charge is 2.26. The number of aliphatic imine (C=N–C) groups is 1. The van der Waals surface area contributed by atoms with Gasteiger partial charge < -0.3 is 5.11 Å². The number of carboxylic acid groups (broad SMARTS) is 1. The quantitative estimate of drug-likeness (QED) is 0.845. The second kappa shape index (κ2) is 4.92. The maximum absolute atomic E-state index is 11.3. The van der Waals surface area contributed by atoms with Gasteiger partial charge in [0.25, 0.3) is 0 Å². The molecular formula is C13H15NO2. The van der Waals surface area contributed by atoms with Crippen molar-refractivity contribution in [3.05, 3.63) is 35.9 Å². The van der Waals surface area contributed by atoms with Gasteiger partial charge in [-0.3, -0.25) is 9.79 Å². The molecule has 16 heavy (non-hydrogen) atoms. The third kappa shape index (κ3) is 2.30.